The van der Waals surface area contributed by atoms with Crippen molar-refractivity contribution in [1.82, 2.24) is 15.5 Å². The summed E-state index contributed by atoms with van der Waals surface area (Å²) in [6.45, 7) is 4.67. The van der Waals surface area contributed by atoms with Crippen LogP contribution in [0.15, 0.2) is 59.1 Å². The third-order valence-corrected chi connectivity index (χ3v) is 3.98. The number of halogens is 2. The maximum atomic E-state index is 13.7. The smallest absolute Gasteiger partial charge is 0.234 e. The van der Waals surface area contributed by atoms with Gasteiger partial charge in [-0.25, -0.2) is 4.39 Å². The van der Waals surface area contributed by atoms with Crippen molar-refractivity contribution in [2.45, 2.75) is 38.8 Å². The van der Waals surface area contributed by atoms with Crippen LogP contribution >= 0.6 is 12.4 Å². The molecule has 0 bridgehead atoms. The van der Waals surface area contributed by atoms with Gasteiger partial charge in [0.1, 0.15) is 5.82 Å². The highest BCUT2D eigenvalue weighted by atomic mass is 35.5. The number of hydrogen-bond acceptors (Lipinski definition) is 4. The minimum absolute atomic E-state index is 0. The molecule has 138 valence electrons. The molecular weight excluding hydrogens is 353 g/mol. The van der Waals surface area contributed by atoms with Crippen molar-refractivity contribution >= 4 is 12.4 Å². The zero-order valence-corrected chi connectivity index (χ0v) is 15.7. The van der Waals surface area contributed by atoms with Crippen LogP contribution in [-0.4, -0.2) is 16.2 Å². The van der Waals surface area contributed by atoms with Gasteiger partial charge in [-0.05, 0) is 29.7 Å². The second kappa shape index (κ2) is 9.46. The van der Waals surface area contributed by atoms with Gasteiger partial charge in [-0.15, -0.1) is 12.4 Å². The van der Waals surface area contributed by atoms with Gasteiger partial charge < -0.3 is 9.84 Å². The SMILES string of the molecule is CC(C)NCc1noc(C(Cc2ccccc2)c2cccc(F)c2)n1.Cl. The fourth-order valence-corrected chi connectivity index (χ4v) is 2.70. The van der Waals surface area contributed by atoms with Crippen LogP contribution in [0.4, 0.5) is 4.39 Å². The van der Waals surface area contributed by atoms with Crippen molar-refractivity contribution in [2.75, 3.05) is 0 Å². The van der Waals surface area contributed by atoms with E-state index in [4.69, 9.17) is 4.52 Å². The average Bonchev–Trinajstić information content (AvgIpc) is 3.07. The maximum absolute atomic E-state index is 13.7. The van der Waals surface area contributed by atoms with Crippen molar-refractivity contribution < 1.29 is 8.91 Å². The summed E-state index contributed by atoms with van der Waals surface area (Å²) in [6.07, 6.45) is 0.670. The zero-order valence-electron chi connectivity index (χ0n) is 14.9. The molecule has 0 radical (unpaired) electrons. The van der Waals surface area contributed by atoms with Gasteiger partial charge >= 0.3 is 0 Å². The van der Waals surface area contributed by atoms with Gasteiger partial charge in [0.25, 0.3) is 0 Å². The van der Waals surface area contributed by atoms with Crippen LogP contribution in [0.3, 0.4) is 0 Å². The molecule has 0 saturated carbocycles. The minimum atomic E-state index is -0.267. The number of nitrogens with one attached hydrogen (secondary N) is 1. The van der Waals surface area contributed by atoms with Gasteiger partial charge in [0.2, 0.25) is 5.89 Å². The number of hydrogen-bond donors (Lipinski definition) is 1. The van der Waals surface area contributed by atoms with Crippen LogP contribution in [0.1, 0.15) is 42.6 Å². The van der Waals surface area contributed by atoms with E-state index in [1.807, 2.05) is 36.4 Å². The summed E-state index contributed by atoms with van der Waals surface area (Å²) in [5.41, 5.74) is 1.97. The van der Waals surface area contributed by atoms with Gasteiger partial charge in [-0.2, -0.15) is 4.98 Å². The quantitative estimate of drug-likeness (QED) is 0.660. The molecule has 0 fully saturated rings. The molecule has 0 spiro atoms. The summed E-state index contributed by atoms with van der Waals surface area (Å²) in [5.74, 6) is 0.670. The fourth-order valence-electron chi connectivity index (χ4n) is 2.70. The molecule has 26 heavy (non-hydrogen) atoms. The molecule has 4 nitrogen and oxygen atoms in total. The highest BCUT2D eigenvalue weighted by Crippen LogP contribution is 2.28. The third kappa shape index (κ3) is 5.38. The molecule has 1 N–H and O–H groups in total. The van der Waals surface area contributed by atoms with Crippen molar-refractivity contribution in [3.63, 3.8) is 0 Å². The maximum Gasteiger partial charge on any atom is 0.234 e. The Hall–Kier alpha value is -2.24. The predicted octanol–water partition coefficient (Wildman–Crippen LogP) is 4.50. The molecule has 3 aromatic rings. The predicted molar refractivity (Wildman–Crippen MR) is 102 cm³/mol. The van der Waals surface area contributed by atoms with Gasteiger partial charge in [-0.1, -0.05) is 61.5 Å². The highest BCUT2D eigenvalue weighted by molar-refractivity contribution is 5.85. The van der Waals surface area contributed by atoms with E-state index >= 15 is 0 Å². The van der Waals surface area contributed by atoms with Gasteiger partial charge in [0, 0.05) is 6.04 Å². The van der Waals surface area contributed by atoms with E-state index in [-0.39, 0.29) is 24.1 Å². The lowest BCUT2D eigenvalue weighted by molar-refractivity contribution is 0.358. The van der Waals surface area contributed by atoms with Crippen LogP contribution in [0, 0.1) is 5.82 Å². The normalized spacial score (nSPS) is 12.0. The monoisotopic (exact) mass is 375 g/mol. The largest absolute Gasteiger partial charge is 0.339 e. The lowest BCUT2D eigenvalue weighted by Gasteiger charge is -2.13. The molecule has 1 aromatic heterocycles. The number of benzene rings is 2. The van der Waals surface area contributed by atoms with Crippen LogP contribution < -0.4 is 5.32 Å². The Kier molecular flexibility index (Phi) is 7.30. The van der Waals surface area contributed by atoms with Gasteiger partial charge in [0.15, 0.2) is 5.82 Å². The first-order valence-corrected chi connectivity index (χ1v) is 8.47. The molecule has 0 aliphatic heterocycles. The lowest BCUT2D eigenvalue weighted by Crippen LogP contribution is -2.22. The number of nitrogens with zero attached hydrogens (tertiary/aromatic N) is 2. The first kappa shape index (κ1) is 20.1. The second-order valence-corrected chi connectivity index (χ2v) is 6.38. The van der Waals surface area contributed by atoms with E-state index in [1.54, 1.807) is 6.07 Å². The van der Waals surface area contributed by atoms with E-state index in [1.165, 1.54) is 12.1 Å². The van der Waals surface area contributed by atoms with Crippen LogP contribution in [-0.2, 0) is 13.0 Å². The van der Waals surface area contributed by atoms with E-state index in [2.05, 4.69) is 29.3 Å². The summed E-state index contributed by atoms with van der Waals surface area (Å²) in [4.78, 5) is 4.52. The van der Waals surface area contributed by atoms with E-state index in [0.717, 1.165) is 11.1 Å². The summed E-state index contributed by atoms with van der Waals surface area (Å²) in [5, 5.41) is 7.32. The summed E-state index contributed by atoms with van der Waals surface area (Å²) in [6, 6.07) is 17.0. The Balaban J connectivity index is 0.00000243. The fraction of sp³-hybridized carbons (Fsp3) is 0.300. The van der Waals surface area contributed by atoms with E-state index in [0.29, 0.717) is 30.7 Å². The molecule has 3 rings (SSSR count). The molecule has 6 heteroatoms. The highest BCUT2D eigenvalue weighted by Gasteiger charge is 2.22. The topological polar surface area (TPSA) is 51.0 Å². The van der Waals surface area contributed by atoms with Crippen LogP contribution in [0.5, 0.6) is 0 Å². The Morgan fingerprint density at radius 3 is 2.54 bits per heavy atom. The third-order valence-electron chi connectivity index (χ3n) is 3.98. The van der Waals surface area contributed by atoms with Crippen LogP contribution in [0.2, 0.25) is 0 Å². The average molecular weight is 376 g/mol. The molecule has 0 amide bonds. The number of aromatic nitrogens is 2. The van der Waals surface area contributed by atoms with E-state index in [9.17, 15) is 4.39 Å². The minimum Gasteiger partial charge on any atom is -0.339 e. The molecule has 0 aliphatic carbocycles. The zero-order chi connectivity index (χ0) is 17.6. The molecule has 1 atom stereocenters. The first-order valence-electron chi connectivity index (χ1n) is 8.47. The van der Waals surface area contributed by atoms with E-state index < -0.39 is 0 Å². The molecule has 0 aliphatic rings. The Morgan fingerprint density at radius 2 is 1.85 bits per heavy atom. The van der Waals surface area contributed by atoms with Crippen molar-refractivity contribution in [3.8, 4) is 0 Å². The second-order valence-electron chi connectivity index (χ2n) is 6.38. The van der Waals surface area contributed by atoms with Crippen molar-refractivity contribution in [2.24, 2.45) is 0 Å². The molecular formula is C20H23ClFN3O. The van der Waals surface area contributed by atoms with Crippen LogP contribution in [0.25, 0.3) is 0 Å². The molecule has 1 unspecified atom stereocenters. The standard InChI is InChI=1S/C20H22FN3O.ClH/c1-14(2)22-13-19-23-20(25-24-19)18(11-15-7-4-3-5-8-15)16-9-6-10-17(21)12-16;/h3-10,12,14,18,22H,11,13H2,1-2H3;1H. The van der Waals surface area contributed by atoms with Gasteiger partial charge in [-0.3, -0.25) is 0 Å². The molecule has 2 aromatic carbocycles. The summed E-state index contributed by atoms with van der Waals surface area (Å²) in [7, 11) is 0. The Morgan fingerprint density at radius 1 is 1.08 bits per heavy atom. The van der Waals surface area contributed by atoms with Crippen molar-refractivity contribution in [1.29, 1.82) is 0 Å². The molecule has 0 saturated heterocycles. The Labute approximate surface area is 159 Å². The van der Waals surface area contributed by atoms with Crippen molar-refractivity contribution in [3.05, 3.63) is 83.3 Å². The first-order chi connectivity index (χ1) is 12.1. The van der Waals surface area contributed by atoms with Gasteiger partial charge in [0.05, 0.1) is 12.5 Å². The summed E-state index contributed by atoms with van der Waals surface area (Å²) < 4.78 is 19.2. The summed E-state index contributed by atoms with van der Waals surface area (Å²) >= 11 is 0. The molecule has 1 heterocycles. The lowest BCUT2D eigenvalue weighted by atomic mass is 9.92. The Bertz CT molecular complexity index is 808. The number of rotatable bonds is 7.